The second-order valence-electron chi connectivity index (χ2n) is 6.07. The molecule has 1 atom stereocenters. The number of amides is 1. The van der Waals surface area contributed by atoms with E-state index in [-0.39, 0.29) is 5.91 Å². The molecule has 1 aromatic carbocycles. The van der Waals surface area contributed by atoms with Crippen LogP contribution in [-0.4, -0.2) is 28.9 Å². The van der Waals surface area contributed by atoms with Gasteiger partial charge in [-0.2, -0.15) is 0 Å². The lowest BCUT2D eigenvalue weighted by Crippen LogP contribution is -2.32. The molecule has 3 heterocycles. The zero-order valence-electron chi connectivity index (χ0n) is 13.3. The second kappa shape index (κ2) is 6.71. The van der Waals surface area contributed by atoms with Gasteiger partial charge in [-0.15, -0.1) is 11.3 Å². The van der Waals surface area contributed by atoms with Crippen LogP contribution in [0.15, 0.2) is 54.0 Å². The van der Waals surface area contributed by atoms with Crippen LogP contribution in [-0.2, 0) is 4.79 Å². The van der Waals surface area contributed by atoms with Gasteiger partial charge in [0.25, 0.3) is 0 Å². The largest absolute Gasteiger partial charge is 0.324 e. The molecule has 1 fully saturated rings. The Bertz CT molecular complexity index is 841. The summed E-state index contributed by atoms with van der Waals surface area (Å²) in [6, 6.07) is 14.3. The van der Waals surface area contributed by atoms with Gasteiger partial charge in [0, 0.05) is 22.5 Å². The topological polar surface area (TPSA) is 45.2 Å². The highest BCUT2D eigenvalue weighted by Gasteiger charge is 2.28. The van der Waals surface area contributed by atoms with Crippen LogP contribution in [0.1, 0.15) is 23.8 Å². The summed E-state index contributed by atoms with van der Waals surface area (Å²) in [6.07, 6.45) is 4.05. The number of pyridine rings is 1. The molecule has 1 saturated heterocycles. The molecule has 0 spiro atoms. The molecule has 0 bridgehead atoms. The molecule has 1 aliphatic heterocycles. The number of hydrogen-bond donors (Lipinski definition) is 1. The van der Waals surface area contributed by atoms with E-state index in [4.69, 9.17) is 0 Å². The van der Waals surface area contributed by atoms with E-state index in [1.807, 2.05) is 30.3 Å². The van der Waals surface area contributed by atoms with E-state index in [0.29, 0.717) is 12.6 Å². The maximum Gasteiger partial charge on any atom is 0.238 e. The summed E-state index contributed by atoms with van der Waals surface area (Å²) in [4.78, 5) is 20.5. The van der Waals surface area contributed by atoms with Crippen molar-refractivity contribution in [3.8, 4) is 0 Å². The van der Waals surface area contributed by atoms with E-state index in [0.717, 1.165) is 36.0 Å². The number of benzene rings is 1. The zero-order valence-corrected chi connectivity index (χ0v) is 14.1. The predicted molar refractivity (Wildman–Crippen MR) is 98.2 cm³/mol. The fraction of sp³-hybridized carbons (Fsp3) is 0.263. The van der Waals surface area contributed by atoms with E-state index in [2.05, 4.69) is 32.7 Å². The molecule has 24 heavy (non-hydrogen) atoms. The summed E-state index contributed by atoms with van der Waals surface area (Å²) in [7, 11) is 0. The van der Waals surface area contributed by atoms with Crippen molar-refractivity contribution in [2.24, 2.45) is 0 Å². The van der Waals surface area contributed by atoms with Gasteiger partial charge in [0.15, 0.2) is 0 Å². The van der Waals surface area contributed by atoms with Crippen molar-refractivity contribution in [1.82, 2.24) is 9.88 Å². The first-order valence-electron chi connectivity index (χ1n) is 8.22. The Morgan fingerprint density at radius 2 is 2.21 bits per heavy atom. The summed E-state index contributed by atoms with van der Waals surface area (Å²) in [5.41, 5.74) is 1.73. The third-order valence-electron chi connectivity index (χ3n) is 4.50. The average Bonchev–Trinajstić information content (AvgIpc) is 3.26. The van der Waals surface area contributed by atoms with Gasteiger partial charge in [-0.25, -0.2) is 0 Å². The number of likely N-dealkylation sites (tertiary alicyclic amines) is 1. The molecule has 4 nitrogen and oxygen atoms in total. The molecule has 1 aliphatic rings. The zero-order chi connectivity index (χ0) is 16.4. The second-order valence-corrected chi connectivity index (χ2v) is 7.05. The molecular weight excluding hydrogens is 318 g/mol. The molecule has 0 unspecified atom stereocenters. The van der Waals surface area contributed by atoms with Crippen LogP contribution >= 0.6 is 11.3 Å². The lowest BCUT2D eigenvalue weighted by molar-refractivity contribution is -0.117. The van der Waals surface area contributed by atoms with Gasteiger partial charge in [0.1, 0.15) is 0 Å². The van der Waals surface area contributed by atoms with Crippen molar-refractivity contribution in [2.75, 3.05) is 18.4 Å². The Balaban J connectivity index is 1.48. The van der Waals surface area contributed by atoms with Crippen LogP contribution in [0.4, 0.5) is 5.69 Å². The minimum Gasteiger partial charge on any atom is -0.324 e. The number of aromatic nitrogens is 1. The average molecular weight is 337 g/mol. The van der Waals surface area contributed by atoms with Crippen LogP contribution in [0, 0.1) is 0 Å². The van der Waals surface area contributed by atoms with Crippen LogP contribution in [0.2, 0.25) is 0 Å². The maximum absolute atomic E-state index is 12.6. The molecule has 2 aromatic heterocycles. The van der Waals surface area contributed by atoms with E-state index < -0.39 is 0 Å². The molecule has 1 amide bonds. The summed E-state index contributed by atoms with van der Waals surface area (Å²) in [5, 5.41) is 6.14. The fourth-order valence-corrected chi connectivity index (χ4v) is 4.30. The minimum absolute atomic E-state index is 0.0369. The normalized spacial score (nSPS) is 18.1. The molecule has 3 aromatic rings. The molecule has 4 rings (SSSR count). The standard InChI is InChI=1S/C19H19N3OS/c23-19(13-22-11-3-8-17(22)18-9-4-12-24-18)21-16-7-1-6-15-14(16)5-2-10-20-15/h1-2,4-7,9-10,12,17H,3,8,11,13H2,(H,21,23)/t17-/m0/s1. The number of thiophene rings is 1. The van der Waals surface area contributed by atoms with Crippen molar-refractivity contribution in [2.45, 2.75) is 18.9 Å². The maximum atomic E-state index is 12.6. The van der Waals surface area contributed by atoms with E-state index >= 15 is 0 Å². The van der Waals surface area contributed by atoms with Gasteiger partial charge < -0.3 is 5.32 Å². The molecule has 0 saturated carbocycles. The lowest BCUT2D eigenvalue weighted by Gasteiger charge is -2.23. The highest BCUT2D eigenvalue weighted by atomic mass is 32.1. The number of anilines is 1. The number of carbonyl (C=O) groups is 1. The Labute approximate surface area is 145 Å². The summed E-state index contributed by atoms with van der Waals surface area (Å²) < 4.78 is 0. The van der Waals surface area contributed by atoms with Crippen molar-refractivity contribution in [1.29, 1.82) is 0 Å². The van der Waals surface area contributed by atoms with Gasteiger partial charge in [0.2, 0.25) is 5.91 Å². The van der Waals surface area contributed by atoms with E-state index in [1.54, 1.807) is 17.5 Å². The Kier molecular flexibility index (Phi) is 4.28. The molecule has 0 aliphatic carbocycles. The number of carbonyl (C=O) groups excluding carboxylic acids is 1. The lowest BCUT2D eigenvalue weighted by atomic mass is 10.1. The first-order chi connectivity index (χ1) is 11.8. The molecular formula is C19H19N3OS. The first kappa shape index (κ1) is 15.3. The third-order valence-corrected chi connectivity index (χ3v) is 5.48. The van der Waals surface area contributed by atoms with E-state index in [1.165, 1.54) is 4.88 Å². The quantitative estimate of drug-likeness (QED) is 0.780. The number of nitrogens with zero attached hydrogens (tertiary/aromatic N) is 2. The monoisotopic (exact) mass is 337 g/mol. The summed E-state index contributed by atoms with van der Waals surface area (Å²) >= 11 is 1.78. The van der Waals surface area contributed by atoms with Gasteiger partial charge in [-0.1, -0.05) is 12.1 Å². The molecule has 0 radical (unpaired) electrons. The molecule has 5 heteroatoms. The molecule has 1 N–H and O–H groups in total. The Morgan fingerprint density at radius 1 is 1.25 bits per heavy atom. The predicted octanol–water partition coefficient (Wildman–Crippen LogP) is 4.07. The SMILES string of the molecule is O=C(CN1CCC[C@H]1c1cccs1)Nc1cccc2ncccc12. The van der Waals surface area contributed by atoms with Crippen molar-refractivity contribution in [3.63, 3.8) is 0 Å². The Morgan fingerprint density at radius 3 is 3.08 bits per heavy atom. The van der Waals surface area contributed by atoms with Gasteiger partial charge >= 0.3 is 0 Å². The van der Waals surface area contributed by atoms with Crippen molar-refractivity contribution < 1.29 is 4.79 Å². The number of nitrogens with one attached hydrogen (secondary N) is 1. The van der Waals surface area contributed by atoms with Crippen molar-refractivity contribution in [3.05, 3.63) is 58.9 Å². The minimum atomic E-state index is 0.0369. The first-order valence-corrected chi connectivity index (χ1v) is 9.10. The summed E-state index contributed by atoms with van der Waals surface area (Å²) in [6.45, 7) is 1.41. The van der Waals surface area contributed by atoms with Gasteiger partial charge in [-0.05, 0) is 55.1 Å². The van der Waals surface area contributed by atoms with Crippen LogP contribution in [0.5, 0.6) is 0 Å². The summed E-state index contributed by atoms with van der Waals surface area (Å²) in [5.74, 6) is 0.0369. The van der Waals surface area contributed by atoms with Crippen molar-refractivity contribution >= 4 is 33.8 Å². The number of fused-ring (bicyclic) bond motifs is 1. The van der Waals surface area contributed by atoms with Crippen LogP contribution in [0.25, 0.3) is 10.9 Å². The van der Waals surface area contributed by atoms with E-state index in [9.17, 15) is 4.79 Å². The smallest absolute Gasteiger partial charge is 0.238 e. The van der Waals surface area contributed by atoms with Crippen LogP contribution < -0.4 is 5.32 Å². The Hall–Kier alpha value is -2.24. The van der Waals surface area contributed by atoms with Crippen LogP contribution in [0.3, 0.4) is 0 Å². The highest BCUT2D eigenvalue weighted by molar-refractivity contribution is 7.10. The number of hydrogen-bond acceptors (Lipinski definition) is 4. The highest BCUT2D eigenvalue weighted by Crippen LogP contribution is 2.34. The third kappa shape index (κ3) is 3.05. The molecule has 122 valence electrons. The van der Waals surface area contributed by atoms with Gasteiger partial charge in [-0.3, -0.25) is 14.7 Å². The fourth-order valence-electron chi connectivity index (χ4n) is 3.41. The number of rotatable bonds is 4. The van der Waals surface area contributed by atoms with Gasteiger partial charge in [0.05, 0.1) is 17.7 Å².